The molecule has 0 amide bonds. The smallest absolute Gasteiger partial charge is 0.0692 e. The first-order chi connectivity index (χ1) is 24.3. The second-order valence-electron chi connectivity index (χ2n) is 15.1. The van der Waals surface area contributed by atoms with E-state index in [4.69, 9.17) is 23.7 Å². The third-order valence-corrected chi connectivity index (χ3v) is 10.2. The maximum absolute atomic E-state index is 9.88. The van der Waals surface area contributed by atoms with Gasteiger partial charge in [-0.1, -0.05) is 44.2 Å². The fraction of sp³-hybridized carbons (Fsp3) is 0.838. The highest BCUT2D eigenvalue weighted by molar-refractivity contribution is 5.16. The molecule has 14 nitrogen and oxygen atoms in total. The standard InChI is InChI=1S/C37H68O14/c1-5-32(3,12-13-50-33(4,6-2)14-31-10-8-7-9-11-31)51-30-37(27-47-24-34(15-38,16-39)17-40,28-48-25-35(18-41,19-42)20-43)29-49-26-36(21-44,22-45)23-46/h7-11,38-46H,5-6,12-30H2,1-4H3. The lowest BCUT2D eigenvalue weighted by Crippen LogP contribution is -2.49. The molecule has 2 unspecified atom stereocenters. The number of benzene rings is 1. The van der Waals surface area contributed by atoms with Gasteiger partial charge in [-0.15, -0.1) is 0 Å². The first-order valence-electron chi connectivity index (χ1n) is 17.8. The number of hydrogen-bond donors (Lipinski definition) is 9. The molecule has 0 aliphatic rings. The topological polar surface area (TPSA) is 228 Å². The van der Waals surface area contributed by atoms with Crippen molar-refractivity contribution in [3.8, 4) is 0 Å². The fourth-order valence-electron chi connectivity index (χ4n) is 5.06. The zero-order valence-corrected chi connectivity index (χ0v) is 31.3. The van der Waals surface area contributed by atoms with Crippen LogP contribution in [0.25, 0.3) is 0 Å². The summed E-state index contributed by atoms with van der Waals surface area (Å²) in [5.74, 6) is 0. The highest BCUT2D eigenvalue weighted by Gasteiger charge is 2.40. The van der Waals surface area contributed by atoms with Crippen LogP contribution in [-0.4, -0.2) is 169 Å². The second-order valence-corrected chi connectivity index (χ2v) is 15.1. The van der Waals surface area contributed by atoms with Crippen LogP contribution in [0.1, 0.15) is 52.5 Å². The van der Waals surface area contributed by atoms with Gasteiger partial charge < -0.3 is 69.6 Å². The summed E-state index contributed by atoms with van der Waals surface area (Å²) in [7, 11) is 0. The summed E-state index contributed by atoms with van der Waals surface area (Å²) in [6.45, 7) is 2.36. The molecule has 0 spiro atoms. The maximum atomic E-state index is 9.88. The molecule has 51 heavy (non-hydrogen) atoms. The molecular weight excluding hydrogens is 668 g/mol. The lowest BCUT2D eigenvalue weighted by molar-refractivity contribution is -0.174. The van der Waals surface area contributed by atoms with E-state index >= 15 is 0 Å². The Morgan fingerprint density at radius 3 is 1.14 bits per heavy atom. The van der Waals surface area contributed by atoms with Crippen LogP contribution in [0.3, 0.4) is 0 Å². The number of rotatable bonds is 32. The summed E-state index contributed by atoms with van der Waals surface area (Å²) in [6, 6.07) is 10.1. The largest absolute Gasteiger partial charge is 0.396 e. The summed E-state index contributed by atoms with van der Waals surface area (Å²) in [4.78, 5) is 0. The van der Waals surface area contributed by atoms with E-state index in [1.165, 1.54) is 5.56 Å². The SMILES string of the molecule is CCC(C)(CCOC(C)(CC)Cc1ccccc1)OCC(COCC(CO)(CO)CO)(COCC(CO)(CO)CO)COCC(CO)(CO)CO. The minimum Gasteiger partial charge on any atom is -0.396 e. The van der Waals surface area contributed by atoms with Crippen molar-refractivity contribution in [3.63, 3.8) is 0 Å². The van der Waals surface area contributed by atoms with E-state index in [1.54, 1.807) is 0 Å². The molecule has 9 N–H and O–H groups in total. The van der Waals surface area contributed by atoms with E-state index in [9.17, 15) is 46.0 Å². The van der Waals surface area contributed by atoms with Gasteiger partial charge in [-0.05, 0) is 38.7 Å². The van der Waals surface area contributed by atoms with Crippen molar-refractivity contribution in [2.75, 3.05) is 112 Å². The normalized spacial score (nSPS) is 15.5. The average molecular weight is 737 g/mol. The number of ether oxygens (including phenoxy) is 5. The van der Waals surface area contributed by atoms with Crippen LogP contribution >= 0.6 is 0 Å². The molecular formula is C37H68O14. The third-order valence-electron chi connectivity index (χ3n) is 10.2. The monoisotopic (exact) mass is 736 g/mol. The molecule has 0 heterocycles. The van der Waals surface area contributed by atoms with Gasteiger partial charge in [0.15, 0.2) is 0 Å². The van der Waals surface area contributed by atoms with Crippen molar-refractivity contribution in [1.82, 2.24) is 0 Å². The molecule has 300 valence electrons. The predicted molar refractivity (Wildman–Crippen MR) is 190 cm³/mol. The fourth-order valence-corrected chi connectivity index (χ4v) is 5.06. The molecule has 0 bridgehead atoms. The molecule has 2 atom stereocenters. The Balaban J connectivity index is 3.35. The summed E-state index contributed by atoms with van der Waals surface area (Å²) < 4.78 is 31.1. The molecule has 0 saturated heterocycles. The first-order valence-corrected chi connectivity index (χ1v) is 17.8. The van der Waals surface area contributed by atoms with Gasteiger partial charge in [0.25, 0.3) is 0 Å². The summed E-state index contributed by atoms with van der Waals surface area (Å²) in [5, 5.41) is 89.0. The van der Waals surface area contributed by atoms with Crippen LogP contribution in [0.4, 0.5) is 0 Å². The van der Waals surface area contributed by atoms with E-state index in [0.717, 1.165) is 12.8 Å². The average Bonchev–Trinajstić information content (AvgIpc) is 3.17. The van der Waals surface area contributed by atoms with Crippen LogP contribution in [0.15, 0.2) is 30.3 Å². The molecule has 1 rings (SSSR count). The minimum atomic E-state index is -1.34. The maximum Gasteiger partial charge on any atom is 0.0692 e. The van der Waals surface area contributed by atoms with Gasteiger partial charge in [-0.3, -0.25) is 0 Å². The summed E-state index contributed by atoms with van der Waals surface area (Å²) >= 11 is 0. The highest BCUT2D eigenvalue weighted by atomic mass is 16.5. The van der Waals surface area contributed by atoms with Gasteiger partial charge >= 0.3 is 0 Å². The Hall–Kier alpha value is -1.34. The van der Waals surface area contributed by atoms with Gasteiger partial charge in [-0.25, -0.2) is 0 Å². The van der Waals surface area contributed by atoms with Gasteiger partial charge in [0.1, 0.15) is 0 Å². The van der Waals surface area contributed by atoms with Crippen molar-refractivity contribution in [1.29, 1.82) is 0 Å². The molecule has 1 aromatic rings. The second kappa shape index (κ2) is 23.4. The molecule has 0 aromatic heterocycles. The Bertz CT molecular complexity index is 928. The van der Waals surface area contributed by atoms with Crippen molar-refractivity contribution in [2.45, 2.75) is 64.6 Å². The van der Waals surface area contributed by atoms with Crippen molar-refractivity contribution in [2.24, 2.45) is 21.7 Å². The van der Waals surface area contributed by atoms with Crippen molar-refractivity contribution < 1.29 is 69.6 Å². The van der Waals surface area contributed by atoms with Crippen molar-refractivity contribution in [3.05, 3.63) is 35.9 Å². The van der Waals surface area contributed by atoms with Crippen LogP contribution in [0, 0.1) is 21.7 Å². The molecule has 0 radical (unpaired) electrons. The van der Waals surface area contributed by atoms with Crippen LogP contribution in [0.5, 0.6) is 0 Å². The summed E-state index contributed by atoms with van der Waals surface area (Å²) in [6.07, 6.45) is 2.67. The summed E-state index contributed by atoms with van der Waals surface area (Å²) in [5.41, 5.74) is -5.10. The molecule has 14 heteroatoms. The van der Waals surface area contributed by atoms with Crippen LogP contribution in [0.2, 0.25) is 0 Å². The number of aliphatic hydroxyl groups excluding tert-OH is 9. The van der Waals surface area contributed by atoms with Crippen molar-refractivity contribution >= 4 is 0 Å². The number of aliphatic hydroxyl groups is 9. The third kappa shape index (κ3) is 15.1. The first kappa shape index (κ1) is 47.7. The van der Waals surface area contributed by atoms with Gasteiger partial charge in [0.2, 0.25) is 0 Å². The number of hydrogen-bond acceptors (Lipinski definition) is 14. The van der Waals surface area contributed by atoms with Gasteiger partial charge in [0.05, 0.1) is 145 Å². The zero-order chi connectivity index (χ0) is 38.5. The Morgan fingerprint density at radius 1 is 0.451 bits per heavy atom. The quantitative estimate of drug-likeness (QED) is 0.0472. The van der Waals surface area contributed by atoms with E-state index in [1.807, 2.05) is 32.0 Å². The van der Waals surface area contributed by atoms with E-state index < -0.39 is 92.3 Å². The minimum absolute atomic E-state index is 0.0362. The Kier molecular flexibility index (Phi) is 21.9. The van der Waals surface area contributed by atoms with Gasteiger partial charge in [0, 0.05) is 6.42 Å². The molecule has 0 aliphatic heterocycles. The Morgan fingerprint density at radius 2 is 0.804 bits per heavy atom. The zero-order valence-electron chi connectivity index (χ0n) is 31.3. The van der Waals surface area contributed by atoms with Gasteiger partial charge in [-0.2, -0.15) is 0 Å². The lowest BCUT2D eigenvalue weighted by Gasteiger charge is -2.40. The highest BCUT2D eigenvalue weighted by Crippen LogP contribution is 2.31. The Labute approximate surface area is 303 Å². The lowest BCUT2D eigenvalue weighted by atomic mass is 9.88. The predicted octanol–water partition coefficient (Wildman–Crippen LogP) is -0.0841. The molecule has 0 fully saturated rings. The van der Waals surface area contributed by atoms with E-state index in [0.29, 0.717) is 19.4 Å². The molecule has 0 saturated carbocycles. The van der Waals surface area contributed by atoms with E-state index in [2.05, 4.69) is 26.0 Å². The molecule has 1 aromatic carbocycles. The molecule has 0 aliphatic carbocycles. The van der Waals surface area contributed by atoms with E-state index in [-0.39, 0.29) is 46.2 Å². The van der Waals surface area contributed by atoms with Crippen LogP contribution < -0.4 is 0 Å². The van der Waals surface area contributed by atoms with Crippen LogP contribution in [-0.2, 0) is 30.1 Å².